The molecule has 0 aliphatic carbocycles. The second-order valence-electron chi connectivity index (χ2n) is 7.61. The van der Waals surface area contributed by atoms with Gasteiger partial charge in [0, 0.05) is 67.5 Å². The molecule has 1 N–H and O–H groups in total. The van der Waals surface area contributed by atoms with Crippen LogP contribution in [0.5, 0.6) is 11.5 Å². The molecule has 0 heterocycles. The molecule has 3 rings (SSSR count). The van der Waals surface area contributed by atoms with E-state index in [9.17, 15) is 13.2 Å². The topological polar surface area (TPSA) is 67.4 Å². The summed E-state index contributed by atoms with van der Waals surface area (Å²) in [6.45, 7) is -3.79. The van der Waals surface area contributed by atoms with Crippen molar-refractivity contribution in [3.63, 3.8) is 0 Å². The van der Waals surface area contributed by atoms with E-state index in [1.54, 1.807) is 18.7 Å². The van der Waals surface area contributed by atoms with Crippen LogP contribution in [-0.4, -0.2) is 33.4 Å². The van der Waals surface area contributed by atoms with Gasteiger partial charge >= 0.3 is 19.6 Å². The molecule has 0 spiro atoms. The zero-order valence-corrected chi connectivity index (χ0v) is 27.6. The summed E-state index contributed by atoms with van der Waals surface area (Å²) < 4.78 is 68.1. The first-order chi connectivity index (χ1) is 19.2. The fourth-order valence-corrected chi connectivity index (χ4v) is 5.58. The Kier molecular flexibility index (Phi) is 14.2. The van der Waals surface area contributed by atoms with Crippen LogP contribution in [0.3, 0.4) is 0 Å². The average Bonchev–Trinajstić information content (AvgIpc) is 2.95. The summed E-state index contributed by atoms with van der Waals surface area (Å²) in [5.41, 5.74) is -0.101. The molecule has 16 heteroatoms. The van der Waals surface area contributed by atoms with Gasteiger partial charge in [-0.2, -0.15) is 13.2 Å². The second kappa shape index (κ2) is 16.3. The third kappa shape index (κ3) is 12.3. The third-order valence-corrected chi connectivity index (χ3v) is 10.8. The van der Waals surface area contributed by atoms with Gasteiger partial charge in [-0.25, -0.2) is 0 Å². The zero-order valence-electron chi connectivity index (χ0n) is 22.5. The van der Waals surface area contributed by atoms with E-state index in [0.29, 0.717) is 22.2 Å². The number of hydrogen-bond acceptors (Lipinski definition) is 10. The Morgan fingerprint density at radius 2 is 1.05 bits per heavy atom. The Balaban J connectivity index is 0.000000353. The van der Waals surface area contributed by atoms with E-state index in [2.05, 4.69) is 5.32 Å². The van der Waals surface area contributed by atoms with Crippen molar-refractivity contribution in [2.24, 2.45) is 0 Å². The summed E-state index contributed by atoms with van der Waals surface area (Å²) in [6, 6.07) is 19.8. The van der Waals surface area contributed by atoms with Gasteiger partial charge < -0.3 is 32.5 Å². The summed E-state index contributed by atoms with van der Waals surface area (Å²) in [5, 5.41) is 2.75. The molecule has 0 aliphatic rings. The lowest BCUT2D eigenvalue weighted by Crippen LogP contribution is -2.06. The molecule has 224 valence electrons. The molecule has 0 atom stereocenters. The number of nitrogens with one attached hydrogen (secondary N) is 1. The number of rotatable bonds is 11. The molecule has 41 heavy (non-hydrogen) atoms. The average molecular weight is 686 g/mol. The van der Waals surface area contributed by atoms with Gasteiger partial charge in [-0.15, -0.1) is 0 Å². The summed E-state index contributed by atoms with van der Waals surface area (Å²) in [6.07, 6.45) is -4.29. The van der Waals surface area contributed by atoms with Gasteiger partial charge in [0.1, 0.15) is 11.5 Å². The first-order valence-corrected chi connectivity index (χ1v) is 17.7. The van der Waals surface area contributed by atoms with E-state index >= 15 is 0 Å². The molecule has 0 saturated carbocycles. The standard InChI is InChI=1S/C16H20O6P2S3.C9H8F3NS/c1-17-23(25,18-2)21-13-5-9-15(10-6-13)27-16-11-7-14(8-12-16)22-24(26,19-3)20-4;1-6(14)13-8-4-2-7(3-5-8)9(10,11)12/h5-12H,1-4H3;2-5H,1H3,(H,13,14). The van der Waals surface area contributed by atoms with Crippen LogP contribution in [0.2, 0.25) is 0 Å². The number of benzene rings is 3. The smallest absolute Gasteiger partial charge is 0.416 e. The van der Waals surface area contributed by atoms with Crippen LogP contribution in [0.4, 0.5) is 18.9 Å². The highest BCUT2D eigenvalue weighted by atomic mass is 32.5. The summed E-state index contributed by atoms with van der Waals surface area (Å²) >= 11 is 16.7. The fourth-order valence-electron chi connectivity index (χ4n) is 2.78. The van der Waals surface area contributed by atoms with Gasteiger partial charge in [0.25, 0.3) is 0 Å². The maximum absolute atomic E-state index is 12.1. The van der Waals surface area contributed by atoms with Gasteiger partial charge in [0.2, 0.25) is 0 Å². The van der Waals surface area contributed by atoms with Crippen LogP contribution in [0, 0.1) is 0 Å². The number of hydrogen-bond donors (Lipinski definition) is 1. The molecule has 0 radical (unpaired) electrons. The third-order valence-electron chi connectivity index (χ3n) is 4.74. The van der Waals surface area contributed by atoms with Crippen molar-refractivity contribution in [3.8, 4) is 11.5 Å². The molecular weight excluding hydrogens is 657 g/mol. The largest absolute Gasteiger partial charge is 0.424 e. The highest BCUT2D eigenvalue weighted by Gasteiger charge is 2.29. The molecule has 3 aromatic rings. The lowest BCUT2D eigenvalue weighted by Gasteiger charge is -2.18. The van der Waals surface area contributed by atoms with Crippen molar-refractivity contribution in [1.82, 2.24) is 0 Å². The maximum atomic E-state index is 12.1. The SMILES string of the molecule is CC(=S)Nc1ccc(C(F)(F)F)cc1.COP(=S)(OC)Oc1ccc(Sc2ccc(OP(=S)(OC)OC)cc2)cc1. The van der Waals surface area contributed by atoms with Crippen molar-refractivity contribution >= 4 is 71.7 Å². The highest BCUT2D eigenvalue weighted by Crippen LogP contribution is 2.49. The van der Waals surface area contributed by atoms with Gasteiger partial charge in [-0.3, -0.25) is 0 Å². The van der Waals surface area contributed by atoms with Crippen molar-refractivity contribution < 1.29 is 40.3 Å². The van der Waals surface area contributed by atoms with Crippen LogP contribution in [0.15, 0.2) is 82.6 Å². The number of anilines is 1. The molecule has 0 unspecified atom stereocenters. The van der Waals surface area contributed by atoms with Gasteiger partial charge in [-0.1, -0.05) is 24.0 Å². The van der Waals surface area contributed by atoms with Crippen molar-refractivity contribution in [2.75, 3.05) is 33.8 Å². The van der Waals surface area contributed by atoms with Crippen LogP contribution in [0.1, 0.15) is 12.5 Å². The Morgan fingerprint density at radius 1 is 0.683 bits per heavy atom. The van der Waals surface area contributed by atoms with E-state index in [-0.39, 0.29) is 0 Å². The Labute approximate surface area is 257 Å². The lowest BCUT2D eigenvalue weighted by atomic mass is 10.2. The zero-order chi connectivity index (χ0) is 30.7. The van der Waals surface area contributed by atoms with E-state index < -0.39 is 25.2 Å². The normalized spacial score (nSPS) is 11.7. The van der Waals surface area contributed by atoms with E-state index in [0.717, 1.165) is 21.9 Å². The Bertz CT molecular complexity index is 1280. The molecule has 0 amide bonds. The monoisotopic (exact) mass is 685 g/mol. The maximum Gasteiger partial charge on any atom is 0.416 e. The first-order valence-electron chi connectivity index (χ1n) is 11.4. The predicted octanol–water partition coefficient (Wildman–Crippen LogP) is 9.09. The van der Waals surface area contributed by atoms with Crippen LogP contribution >= 0.6 is 37.4 Å². The number of alkyl halides is 3. The summed E-state index contributed by atoms with van der Waals surface area (Å²) in [5.74, 6) is 1.19. The van der Waals surface area contributed by atoms with Gasteiger partial charge in [0.05, 0.1) is 10.6 Å². The minimum absolute atomic E-state index is 0.518. The molecule has 0 fully saturated rings. The number of halogens is 3. The van der Waals surface area contributed by atoms with E-state index in [1.807, 2.05) is 48.5 Å². The Hall–Kier alpha value is -1.57. The van der Waals surface area contributed by atoms with Gasteiger partial charge in [0.15, 0.2) is 0 Å². The Morgan fingerprint density at radius 3 is 1.34 bits per heavy atom. The molecule has 0 aliphatic heterocycles. The molecule has 3 aromatic carbocycles. The van der Waals surface area contributed by atoms with Crippen LogP contribution in [0.25, 0.3) is 0 Å². The minimum Gasteiger partial charge on any atom is -0.424 e. The van der Waals surface area contributed by atoms with Gasteiger partial charge in [-0.05, 0) is 79.7 Å². The van der Waals surface area contributed by atoms with Crippen LogP contribution in [-0.2, 0) is 47.9 Å². The lowest BCUT2D eigenvalue weighted by molar-refractivity contribution is -0.137. The second-order valence-corrected chi connectivity index (χ2v) is 15.7. The quantitative estimate of drug-likeness (QED) is 0.155. The predicted molar refractivity (Wildman–Crippen MR) is 168 cm³/mol. The molecule has 0 aromatic heterocycles. The van der Waals surface area contributed by atoms with Crippen molar-refractivity contribution in [1.29, 1.82) is 0 Å². The van der Waals surface area contributed by atoms with Crippen molar-refractivity contribution in [3.05, 3.63) is 78.4 Å². The van der Waals surface area contributed by atoms with E-state index in [1.165, 1.54) is 40.6 Å². The molecule has 7 nitrogen and oxygen atoms in total. The highest BCUT2D eigenvalue weighted by molar-refractivity contribution is 8.08. The first kappa shape index (κ1) is 35.6. The van der Waals surface area contributed by atoms with E-state index in [4.69, 9.17) is 63.0 Å². The molecule has 0 saturated heterocycles. The summed E-state index contributed by atoms with van der Waals surface area (Å²) in [4.78, 5) is 2.60. The number of thiocarbonyl (C=S) groups is 1. The van der Waals surface area contributed by atoms with Crippen molar-refractivity contribution in [2.45, 2.75) is 22.9 Å². The fraction of sp³-hybridized carbons (Fsp3) is 0.240. The molecule has 0 bridgehead atoms. The molecular formula is C25H28F3NO6P2S4. The summed E-state index contributed by atoms with van der Waals surface area (Å²) in [7, 11) is 5.89. The van der Waals surface area contributed by atoms with Crippen LogP contribution < -0.4 is 14.4 Å². The minimum atomic E-state index is -4.29.